The lowest BCUT2D eigenvalue weighted by atomic mass is 10.2. The molecule has 9 heteroatoms. The Morgan fingerprint density at radius 1 is 1.13 bits per heavy atom. The van der Waals surface area contributed by atoms with Crippen molar-refractivity contribution in [1.82, 2.24) is 5.32 Å². The van der Waals surface area contributed by atoms with Crippen LogP contribution in [0, 0.1) is 6.92 Å². The molecule has 0 saturated carbocycles. The van der Waals surface area contributed by atoms with E-state index >= 15 is 0 Å². The topological polar surface area (TPSA) is 94.2 Å². The molecule has 0 saturated heterocycles. The van der Waals surface area contributed by atoms with Gasteiger partial charge in [-0.05, 0) is 45.0 Å². The molecule has 31 heavy (non-hydrogen) atoms. The molecule has 0 radical (unpaired) electrons. The number of aryl methyl sites for hydroxylation is 1. The van der Waals surface area contributed by atoms with Crippen LogP contribution in [0.5, 0.6) is 17.2 Å². The maximum absolute atomic E-state index is 12.7. The van der Waals surface area contributed by atoms with Crippen LogP contribution in [0.15, 0.2) is 42.5 Å². The van der Waals surface area contributed by atoms with Crippen molar-refractivity contribution in [2.24, 2.45) is 0 Å². The summed E-state index contributed by atoms with van der Waals surface area (Å²) in [6.07, 6.45) is 0. The van der Waals surface area contributed by atoms with E-state index in [1.165, 1.54) is 6.92 Å². The first-order valence-electron chi connectivity index (χ1n) is 10.2. The van der Waals surface area contributed by atoms with Gasteiger partial charge in [0, 0.05) is 6.07 Å². The molecule has 0 aromatic heterocycles. The molecule has 168 valence electrons. The summed E-state index contributed by atoms with van der Waals surface area (Å²) >= 11 is 0. The van der Waals surface area contributed by atoms with Gasteiger partial charge >= 0.3 is 0 Å². The Hall–Kier alpha value is -2.94. The number of amides is 1. The van der Waals surface area contributed by atoms with E-state index in [4.69, 9.17) is 14.2 Å². The van der Waals surface area contributed by atoms with E-state index in [0.717, 1.165) is 9.87 Å². The fraction of sp³-hybridized carbons (Fsp3) is 0.409. The third kappa shape index (κ3) is 6.04. The number of sulfonamides is 1. The third-order valence-corrected chi connectivity index (χ3v) is 6.47. The Morgan fingerprint density at radius 3 is 2.48 bits per heavy atom. The van der Waals surface area contributed by atoms with E-state index in [0.29, 0.717) is 36.1 Å². The first-order valence-corrected chi connectivity index (χ1v) is 11.8. The number of ether oxygens (including phenoxy) is 3. The number of anilines is 1. The molecule has 1 N–H and O–H groups in total. The number of fused-ring (bicyclic) bond motifs is 1. The van der Waals surface area contributed by atoms with Gasteiger partial charge in [-0.1, -0.05) is 17.7 Å². The van der Waals surface area contributed by atoms with E-state index in [1.807, 2.05) is 31.2 Å². The predicted molar refractivity (Wildman–Crippen MR) is 119 cm³/mol. The van der Waals surface area contributed by atoms with Gasteiger partial charge in [-0.15, -0.1) is 0 Å². The van der Waals surface area contributed by atoms with Gasteiger partial charge in [0.1, 0.15) is 32.1 Å². The quantitative estimate of drug-likeness (QED) is 0.634. The molecule has 2 aromatic rings. The zero-order valence-electron chi connectivity index (χ0n) is 18.0. The number of benzene rings is 2. The van der Waals surface area contributed by atoms with Crippen molar-refractivity contribution < 1.29 is 27.4 Å². The maximum atomic E-state index is 12.7. The molecule has 0 bridgehead atoms. The lowest BCUT2D eigenvalue weighted by Gasteiger charge is -2.26. The SMILES string of the molecule is CCS(=O)(=O)N(CC(=O)NC(C)COc1ccc(C)cc1)c1ccc2c(c1)OCCO2. The minimum atomic E-state index is -3.69. The number of nitrogens with one attached hydrogen (secondary N) is 1. The van der Waals surface area contributed by atoms with Crippen molar-refractivity contribution in [3.63, 3.8) is 0 Å². The van der Waals surface area contributed by atoms with Gasteiger partial charge < -0.3 is 19.5 Å². The summed E-state index contributed by atoms with van der Waals surface area (Å²) in [6.45, 7) is 6.07. The van der Waals surface area contributed by atoms with Crippen molar-refractivity contribution in [3.8, 4) is 17.2 Å². The average Bonchev–Trinajstić information content (AvgIpc) is 2.76. The molecule has 0 fully saturated rings. The standard InChI is InChI=1S/C22H28N2O6S/c1-4-31(26,27)24(18-7-10-20-21(13-18)29-12-11-28-20)14-22(25)23-17(3)15-30-19-8-5-16(2)6-9-19/h5-10,13,17H,4,11-12,14-15H2,1-3H3,(H,23,25). The lowest BCUT2D eigenvalue weighted by Crippen LogP contribution is -2.45. The van der Waals surface area contributed by atoms with E-state index in [-0.39, 0.29) is 24.9 Å². The van der Waals surface area contributed by atoms with Crippen LogP contribution in [0.2, 0.25) is 0 Å². The van der Waals surface area contributed by atoms with Crippen LogP contribution in [0.1, 0.15) is 19.4 Å². The van der Waals surface area contributed by atoms with Gasteiger partial charge in [0.25, 0.3) is 0 Å². The predicted octanol–water partition coefficient (Wildman–Crippen LogP) is 2.51. The third-order valence-electron chi connectivity index (χ3n) is 4.73. The highest BCUT2D eigenvalue weighted by Crippen LogP contribution is 2.34. The van der Waals surface area contributed by atoms with Gasteiger partial charge in [0.15, 0.2) is 11.5 Å². The van der Waals surface area contributed by atoms with Crippen LogP contribution in [-0.2, 0) is 14.8 Å². The van der Waals surface area contributed by atoms with Crippen LogP contribution in [-0.4, -0.2) is 52.5 Å². The fourth-order valence-corrected chi connectivity index (χ4v) is 4.10. The molecule has 8 nitrogen and oxygen atoms in total. The summed E-state index contributed by atoms with van der Waals surface area (Å²) < 4.78 is 43.2. The van der Waals surface area contributed by atoms with Crippen LogP contribution in [0.25, 0.3) is 0 Å². The fourth-order valence-electron chi connectivity index (χ4n) is 3.04. The normalized spacial score (nSPS) is 13.9. The molecular formula is C22H28N2O6S. The van der Waals surface area contributed by atoms with E-state index in [1.54, 1.807) is 25.1 Å². The smallest absolute Gasteiger partial charge is 0.241 e. The summed E-state index contributed by atoms with van der Waals surface area (Å²) in [5.74, 6) is 1.15. The highest BCUT2D eigenvalue weighted by Gasteiger charge is 2.26. The molecular weight excluding hydrogens is 420 g/mol. The first-order chi connectivity index (χ1) is 14.8. The Kier molecular flexibility index (Phi) is 7.27. The van der Waals surface area contributed by atoms with Crippen LogP contribution in [0.4, 0.5) is 5.69 Å². The van der Waals surface area contributed by atoms with Crippen molar-refractivity contribution in [1.29, 1.82) is 0 Å². The highest BCUT2D eigenvalue weighted by atomic mass is 32.2. The molecule has 0 aliphatic carbocycles. The number of rotatable bonds is 9. The molecule has 2 aromatic carbocycles. The van der Waals surface area contributed by atoms with Crippen molar-refractivity contribution in [2.75, 3.05) is 36.4 Å². The number of hydrogen-bond acceptors (Lipinski definition) is 6. The van der Waals surface area contributed by atoms with Gasteiger partial charge in [-0.3, -0.25) is 9.10 Å². The summed E-state index contributed by atoms with van der Waals surface area (Å²) in [6, 6.07) is 12.1. The second-order valence-corrected chi connectivity index (χ2v) is 9.51. The monoisotopic (exact) mass is 448 g/mol. The number of hydrogen-bond donors (Lipinski definition) is 1. The second-order valence-electron chi connectivity index (χ2n) is 7.33. The summed E-state index contributed by atoms with van der Waals surface area (Å²) in [5.41, 5.74) is 1.48. The molecule has 1 atom stereocenters. The van der Waals surface area contributed by atoms with Crippen molar-refractivity contribution in [3.05, 3.63) is 48.0 Å². The molecule has 0 spiro atoms. The Balaban J connectivity index is 1.65. The molecule has 3 rings (SSSR count). The summed E-state index contributed by atoms with van der Waals surface area (Å²) in [7, 11) is -3.69. The first kappa shape index (κ1) is 22.7. The van der Waals surface area contributed by atoms with Gasteiger partial charge in [0.2, 0.25) is 15.9 Å². The number of nitrogens with zero attached hydrogens (tertiary/aromatic N) is 1. The largest absolute Gasteiger partial charge is 0.491 e. The Bertz CT molecular complexity index is 1010. The zero-order valence-corrected chi connectivity index (χ0v) is 18.8. The van der Waals surface area contributed by atoms with Crippen LogP contribution in [0.3, 0.4) is 0 Å². The minimum absolute atomic E-state index is 0.138. The number of carbonyl (C=O) groups is 1. The molecule has 1 heterocycles. The lowest BCUT2D eigenvalue weighted by molar-refractivity contribution is -0.120. The van der Waals surface area contributed by atoms with Crippen LogP contribution < -0.4 is 23.8 Å². The Morgan fingerprint density at radius 2 is 1.81 bits per heavy atom. The molecule has 1 aliphatic rings. The van der Waals surface area contributed by atoms with Crippen molar-refractivity contribution >= 4 is 21.6 Å². The maximum Gasteiger partial charge on any atom is 0.241 e. The molecule has 1 amide bonds. The van der Waals surface area contributed by atoms with E-state index < -0.39 is 15.9 Å². The van der Waals surface area contributed by atoms with Gasteiger partial charge in [-0.25, -0.2) is 8.42 Å². The van der Waals surface area contributed by atoms with Crippen LogP contribution >= 0.6 is 0 Å². The zero-order chi connectivity index (χ0) is 22.4. The molecule has 1 aliphatic heterocycles. The molecule has 1 unspecified atom stereocenters. The minimum Gasteiger partial charge on any atom is -0.491 e. The van der Waals surface area contributed by atoms with E-state index in [9.17, 15) is 13.2 Å². The second kappa shape index (κ2) is 9.91. The number of carbonyl (C=O) groups excluding carboxylic acids is 1. The van der Waals surface area contributed by atoms with Gasteiger partial charge in [0.05, 0.1) is 17.5 Å². The summed E-state index contributed by atoms with van der Waals surface area (Å²) in [4.78, 5) is 12.6. The van der Waals surface area contributed by atoms with Crippen molar-refractivity contribution in [2.45, 2.75) is 26.8 Å². The average molecular weight is 449 g/mol. The highest BCUT2D eigenvalue weighted by molar-refractivity contribution is 7.92. The van der Waals surface area contributed by atoms with E-state index in [2.05, 4.69) is 5.32 Å². The summed E-state index contributed by atoms with van der Waals surface area (Å²) in [5, 5.41) is 2.79. The van der Waals surface area contributed by atoms with Gasteiger partial charge in [-0.2, -0.15) is 0 Å². The Labute approximate surface area is 183 Å².